The van der Waals surface area contributed by atoms with E-state index in [4.69, 9.17) is 19.3 Å². The number of hydrogen-bond acceptors (Lipinski definition) is 5. The van der Waals surface area contributed by atoms with Crippen LogP contribution in [0, 0.1) is 5.92 Å². The van der Waals surface area contributed by atoms with E-state index < -0.39 is 12.1 Å². The Balaban J connectivity index is 1.68. The average molecular weight is 365 g/mol. The van der Waals surface area contributed by atoms with Gasteiger partial charge in [0.2, 0.25) is 0 Å². The van der Waals surface area contributed by atoms with Gasteiger partial charge in [-0.2, -0.15) is 0 Å². The van der Waals surface area contributed by atoms with Crippen molar-refractivity contribution >= 4 is 12.1 Å². The maximum absolute atomic E-state index is 11.6. The summed E-state index contributed by atoms with van der Waals surface area (Å²) < 4.78 is 15.7. The van der Waals surface area contributed by atoms with E-state index in [1.165, 1.54) is 19.1 Å². The Bertz CT molecular complexity index is 610. The summed E-state index contributed by atoms with van der Waals surface area (Å²) >= 11 is 0. The van der Waals surface area contributed by atoms with Gasteiger partial charge in [0, 0.05) is 19.2 Å². The molecule has 0 atom stereocenters. The van der Waals surface area contributed by atoms with E-state index in [1.807, 2.05) is 0 Å². The Labute approximate surface area is 153 Å². The van der Waals surface area contributed by atoms with Crippen LogP contribution in [0.4, 0.5) is 4.79 Å². The number of carbonyl (C=O) groups is 2. The van der Waals surface area contributed by atoms with E-state index in [1.54, 1.807) is 18.2 Å². The summed E-state index contributed by atoms with van der Waals surface area (Å²) in [7, 11) is 2.83. The lowest BCUT2D eigenvalue weighted by Crippen LogP contribution is -2.37. The number of carbonyl (C=O) groups excluding carboxylic acids is 1. The summed E-state index contributed by atoms with van der Waals surface area (Å²) in [6.45, 7) is 1.88. The molecule has 1 aromatic rings. The first-order chi connectivity index (χ1) is 12.5. The zero-order valence-electron chi connectivity index (χ0n) is 15.4. The molecule has 144 valence electrons. The molecular weight excluding hydrogens is 338 g/mol. The molecule has 0 saturated carbocycles. The van der Waals surface area contributed by atoms with Crippen LogP contribution in [0.3, 0.4) is 0 Å². The Morgan fingerprint density at radius 3 is 2.54 bits per heavy atom. The molecule has 0 aliphatic carbocycles. The van der Waals surface area contributed by atoms with Crippen molar-refractivity contribution in [3.05, 3.63) is 23.8 Å². The van der Waals surface area contributed by atoms with Gasteiger partial charge in [-0.25, -0.2) is 9.59 Å². The minimum absolute atomic E-state index is 0.370. The molecule has 1 N–H and O–H groups in total. The van der Waals surface area contributed by atoms with Gasteiger partial charge in [-0.15, -0.1) is 0 Å². The van der Waals surface area contributed by atoms with Crippen molar-refractivity contribution in [2.75, 3.05) is 33.9 Å². The molecule has 1 aromatic carbocycles. The molecule has 7 nitrogen and oxygen atoms in total. The van der Waals surface area contributed by atoms with Crippen LogP contribution in [0.15, 0.2) is 18.2 Å². The fraction of sp³-hybridized carbons (Fsp3) is 0.579. The maximum Gasteiger partial charge on any atom is 0.407 e. The van der Waals surface area contributed by atoms with E-state index in [0.717, 1.165) is 32.1 Å². The molecule has 1 heterocycles. The van der Waals surface area contributed by atoms with Gasteiger partial charge < -0.3 is 24.2 Å². The predicted octanol–water partition coefficient (Wildman–Crippen LogP) is 3.42. The summed E-state index contributed by atoms with van der Waals surface area (Å²) in [5.41, 5.74) is 0.370. The number of rotatable bonds is 8. The number of piperidine rings is 1. The highest BCUT2D eigenvalue weighted by atomic mass is 16.5. The van der Waals surface area contributed by atoms with Crippen LogP contribution in [0.2, 0.25) is 0 Å². The number of amides is 1. The highest BCUT2D eigenvalue weighted by molar-refractivity contribution is 5.92. The highest BCUT2D eigenvalue weighted by Gasteiger charge is 2.21. The zero-order valence-corrected chi connectivity index (χ0v) is 15.4. The van der Waals surface area contributed by atoms with Crippen LogP contribution in [0.25, 0.3) is 0 Å². The standard InChI is InChI=1S/C19H27NO6/c1-24-17-13-15(6-7-16(17)18(21)25-2)26-12-4-3-5-14-8-10-20(11-9-14)19(22)23/h6-7,13-14H,3-5,8-12H2,1-2H3,(H,22,23). The lowest BCUT2D eigenvalue weighted by molar-refractivity contribution is 0.0597. The SMILES string of the molecule is COC(=O)c1ccc(OCCCCC2CCN(C(=O)O)CC2)cc1OC. The van der Waals surface area contributed by atoms with Crippen molar-refractivity contribution in [3.63, 3.8) is 0 Å². The second-order valence-electron chi connectivity index (χ2n) is 6.41. The third-order valence-corrected chi connectivity index (χ3v) is 4.74. The third-order valence-electron chi connectivity index (χ3n) is 4.74. The molecule has 7 heteroatoms. The maximum atomic E-state index is 11.6. The van der Waals surface area contributed by atoms with E-state index in [0.29, 0.717) is 42.7 Å². The topological polar surface area (TPSA) is 85.3 Å². The summed E-state index contributed by atoms with van der Waals surface area (Å²) in [5, 5.41) is 8.95. The first-order valence-corrected chi connectivity index (χ1v) is 8.92. The molecular formula is C19H27NO6. The number of benzene rings is 1. The zero-order chi connectivity index (χ0) is 18.9. The molecule has 0 aromatic heterocycles. The lowest BCUT2D eigenvalue weighted by atomic mass is 9.92. The fourth-order valence-corrected chi connectivity index (χ4v) is 3.18. The van der Waals surface area contributed by atoms with Gasteiger partial charge in [0.05, 0.1) is 20.8 Å². The van der Waals surface area contributed by atoms with E-state index in [2.05, 4.69) is 0 Å². The van der Waals surface area contributed by atoms with Gasteiger partial charge in [-0.1, -0.05) is 6.42 Å². The number of likely N-dealkylation sites (tertiary alicyclic amines) is 1. The number of unbranched alkanes of at least 4 members (excludes halogenated alkanes) is 1. The second-order valence-corrected chi connectivity index (χ2v) is 6.41. The first kappa shape index (κ1) is 19.9. The highest BCUT2D eigenvalue weighted by Crippen LogP contribution is 2.26. The summed E-state index contributed by atoms with van der Waals surface area (Å²) in [6.07, 6.45) is 4.15. The molecule has 1 amide bonds. The molecule has 1 saturated heterocycles. The Hall–Kier alpha value is -2.44. The molecule has 0 spiro atoms. The van der Waals surface area contributed by atoms with Crippen LogP contribution >= 0.6 is 0 Å². The number of methoxy groups -OCH3 is 2. The number of hydrogen-bond donors (Lipinski definition) is 1. The summed E-state index contributed by atoms with van der Waals surface area (Å²) in [6, 6.07) is 5.06. The van der Waals surface area contributed by atoms with Gasteiger partial charge >= 0.3 is 12.1 Å². The number of nitrogens with zero attached hydrogens (tertiary/aromatic N) is 1. The Morgan fingerprint density at radius 2 is 1.92 bits per heavy atom. The van der Waals surface area contributed by atoms with Crippen LogP contribution < -0.4 is 9.47 Å². The van der Waals surface area contributed by atoms with Crippen LogP contribution in [-0.4, -0.2) is 56.0 Å². The largest absolute Gasteiger partial charge is 0.496 e. The van der Waals surface area contributed by atoms with Gasteiger partial charge in [-0.3, -0.25) is 0 Å². The fourth-order valence-electron chi connectivity index (χ4n) is 3.18. The van der Waals surface area contributed by atoms with E-state index in [-0.39, 0.29) is 0 Å². The predicted molar refractivity (Wildman–Crippen MR) is 96.0 cm³/mol. The van der Waals surface area contributed by atoms with Crippen molar-refractivity contribution < 1.29 is 28.9 Å². The second kappa shape index (κ2) is 9.89. The molecule has 1 aliphatic rings. The Morgan fingerprint density at radius 1 is 1.19 bits per heavy atom. The van der Waals surface area contributed by atoms with Crippen molar-refractivity contribution in [1.82, 2.24) is 4.90 Å². The summed E-state index contributed by atoms with van der Waals surface area (Å²) in [5.74, 6) is 1.25. The monoisotopic (exact) mass is 365 g/mol. The normalized spacial score (nSPS) is 14.8. The van der Waals surface area contributed by atoms with Gasteiger partial charge in [0.1, 0.15) is 17.1 Å². The van der Waals surface area contributed by atoms with E-state index >= 15 is 0 Å². The third kappa shape index (κ3) is 5.54. The van der Waals surface area contributed by atoms with Crippen LogP contribution in [0.1, 0.15) is 42.5 Å². The van der Waals surface area contributed by atoms with E-state index in [9.17, 15) is 9.59 Å². The van der Waals surface area contributed by atoms with Gasteiger partial charge in [0.25, 0.3) is 0 Å². The van der Waals surface area contributed by atoms with Crippen molar-refractivity contribution in [3.8, 4) is 11.5 Å². The Kier molecular flexibility index (Phi) is 7.56. The smallest absolute Gasteiger partial charge is 0.407 e. The van der Waals surface area contributed by atoms with Crippen molar-refractivity contribution in [1.29, 1.82) is 0 Å². The quantitative estimate of drug-likeness (QED) is 0.561. The van der Waals surface area contributed by atoms with Crippen LogP contribution in [-0.2, 0) is 4.74 Å². The number of carboxylic acid groups (broad SMARTS) is 1. The molecule has 0 radical (unpaired) electrons. The van der Waals surface area contributed by atoms with Crippen LogP contribution in [0.5, 0.6) is 11.5 Å². The number of ether oxygens (including phenoxy) is 3. The average Bonchev–Trinajstić information content (AvgIpc) is 2.67. The number of esters is 1. The first-order valence-electron chi connectivity index (χ1n) is 8.92. The van der Waals surface area contributed by atoms with Crippen molar-refractivity contribution in [2.45, 2.75) is 32.1 Å². The molecule has 1 fully saturated rings. The van der Waals surface area contributed by atoms with Gasteiger partial charge in [0.15, 0.2) is 0 Å². The minimum atomic E-state index is -0.814. The molecule has 1 aliphatic heterocycles. The minimum Gasteiger partial charge on any atom is -0.496 e. The molecule has 0 unspecified atom stereocenters. The molecule has 26 heavy (non-hydrogen) atoms. The van der Waals surface area contributed by atoms with Crippen molar-refractivity contribution in [2.24, 2.45) is 5.92 Å². The summed E-state index contributed by atoms with van der Waals surface area (Å²) in [4.78, 5) is 24.0. The molecule has 2 rings (SSSR count). The molecule has 0 bridgehead atoms. The van der Waals surface area contributed by atoms with Gasteiger partial charge in [-0.05, 0) is 43.7 Å². The lowest BCUT2D eigenvalue weighted by Gasteiger charge is -2.29.